The number of hydrogen-bond donors (Lipinski definition) is 2. The Balaban J connectivity index is 2.95. The van der Waals surface area contributed by atoms with Gasteiger partial charge in [-0.25, -0.2) is 4.79 Å². The van der Waals surface area contributed by atoms with E-state index in [1.165, 1.54) is 0 Å². The zero-order chi connectivity index (χ0) is 12.9. The first-order valence-electron chi connectivity index (χ1n) is 4.89. The van der Waals surface area contributed by atoms with E-state index >= 15 is 0 Å². The molecule has 4 nitrogen and oxygen atoms in total. The van der Waals surface area contributed by atoms with E-state index in [1.54, 1.807) is 37.3 Å². The molecular formula is C10H13O4PS2. The maximum Gasteiger partial charge on any atom is 0.340 e. The topological polar surface area (TPSA) is 55.8 Å². The van der Waals surface area contributed by atoms with Crippen LogP contribution in [0.1, 0.15) is 18.6 Å². The largest absolute Gasteiger partial charge is 0.464 e. The maximum absolute atomic E-state index is 11.7. The molecule has 2 unspecified atom stereocenters. The van der Waals surface area contributed by atoms with Gasteiger partial charge in [-0.3, -0.25) is 0 Å². The molecule has 1 N–H and O–H groups in total. The van der Waals surface area contributed by atoms with Gasteiger partial charge in [0.1, 0.15) is 0 Å². The minimum atomic E-state index is -3.24. The number of ether oxygens (including phenoxy) is 1. The Morgan fingerprint density at radius 3 is 2.59 bits per heavy atom. The van der Waals surface area contributed by atoms with Gasteiger partial charge in [0.25, 0.3) is 0 Å². The summed E-state index contributed by atoms with van der Waals surface area (Å²) >= 11 is 8.42. The van der Waals surface area contributed by atoms with Crippen molar-refractivity contribution >= 4 is 35.7 Å². The summed E-state index contributed by atoms with van der Waals surface area (Å²) in [5.74, 6) is -0.587. The van der Waals surface area contributed by atoms with Crippen LogP contribution in [0.5, 0.6) is 0 Å². The molecule has 0 aliphatic carbocycles. The molecule has 0 saturated heterocycles. The lowest BCUT2D eigenvalue weighted by Gasteiger charge is -2.19. The Morgan fingerprint density at radius 1 is 1.53 bits per heavy atom. The molecule has 0 saturated carbocycles. The number of thiol groups is 1. The highest BCUT2D eigenvalue weighted by Crippen LogP contribution is 2.51. The van der Waals surface area contributed by atoms with Crippen LogP contribution in [-0.4, -0.2) is 17.5 Å². The molecule has 17 heavy (non-hydrogen) atoms. The fourth-order valence-corrected chi connectivity index (χ4v) is 2.25. The zero-order valence-corrected chi connectivity index (χ0v) is 11.8. The van der Waals surface area contributed by atoms with Crippen LogP contribution >= 0.6 is 17.9 Å². The van der Waals surface area contributed by atoms with Crippen LogP contribution in [0.15, 0.2) is 30.3 Å². The fraction of sp³-hybridized carbons (Fsp3) is 0.300. The number of rotatable bonds is 5. The SMILES string of the molecule is CCOC(=O)C(OP(O)(=S)S)c1ccccc1. The molecule has 2 atom stereocenters. The van der Waals surface area contributed by atoms with E-state index in [1.807, 2.05) is 0 Å². The first-order chi connectivity index (χ1) is 7.94. The lowest BCUT2D eigenvalue weighted by atomic mass is 10.1. The van der Waals surface area contributed by atoms with Gasteiger partial charge in [-0.1, -0.05) is 42.6 Å². The Bertz CT molecular complexity index is 418. The average Bonchev–Trinajstić information content (AvgIpc) is 2.26. The first-order valence-corrected chi connectivity index (χ1v) is 8.72. The van der Waals surface area contributed by atoms with Crippen LogP contribution in [-0.2, 0) is 25.9 Å². The third-order valence-corrected chi connectivity index (χ3v) is 2.87. The van der Waals surface area contributed by atoms with Crippen LogP contribution in [0.3, 0.4) is 0 Å². The summed E-state index contributed by atoms with van der Waals surface area (Å²) in [6.45, 7) is 1.92. The van der Waals surface area contributed by atoms with Gasteiger partial charge < -0.3 is 14.2 Å². The molecule has 1 rings (SSSR count). The molecule has 0 radical (unpaired) electrons. The molecule has 7 heteroatoms. The van der Waals surface area contributed by atoms with E-state index < -0.39 is 17.8 Å². The Hall–Kier alpha value is -0.390. The van der Waals surface area contributed by atoms with Gasteiger partial charge in [0.2, 0.25) is 5.69 Å². The number of carbonyl (C=O) groups is 1. The summed E-state index contributed by atoms with van der Waals surface area (Å²) in [5, 5.41) is 0. The standard InChI is InChI=1S/C10H13O4PS2/c1-2-13-10(11)9(14-15(12,16)17)8-6-4-3-5-7-8/h3-7,9H,2H2,1H3,(H2,12,16,17). The van der Waals surface area contributed by atoms with Gasteiger partial charge >= 0.3 is 5.97 Å². The van der Waals surface area contributed by atoms with Gasteiger partial charge in [-0.2, -0.15) is 0 Å². The van der Waals surface area contributed by atoms with Crippen molar-refractivity contribution < 1.29 is 18.9 Å². The minimum absolute atomic E-state index is 0.229. The van der Waals surface area contributed by atoms with Crippen molar-refractivity contribution in [1.29, 1.82) is 0 Å². The van der Waals surface area contributed by atoms with Gasteiger partial charge in [0.15, 0.2) is 6.10 Å². The zero-order valence-electron chi connectivity index (χ0n) is 9.15. The van der Waals surface area contributed by atoms with Crippen molar-refractivity contribution in [1.82, 2.24) is 0 Å². The average molecular weight is 292 g/mol. The molecule has 0 spiro atoms. The predicted molar refractivity (Wildman–Crippen MR) is 72.4 cm³/mol. The van der Waals surface area contributed by atoms with Crippen LogP contribution < -0.4 is 0 Å². The smallest absolute Gasteiger partial charge is 0.340 e. The molecule has 94 valence electrons. The maximum atomic E-state index is 11.7. The van der Waals surface area contributed by atoms with Crippen molar-refractivity contribution in [2.45, 2.75) is 13.0 Å². The van der Waals surface area contributed by atoms with E-state index in [4.69, 9.17) is 9.26 Å². The molecular weight excluding hydrogens is 279 g/mol. The number of esters is 1. The number of carbonyl (C=O) groups excluding carboxylic acids is 1. The molecule has 1 aromatic carbocycles. The van der Waals surface area contributed by atoms with Crippen molar-refractivity contribution in [3.63, 3.8) is 0 Å². The number of hydrogen-bond acceptors (Lipinski definition) is 4. The van der Waals surface area contributed by atoms with E-state index in [2.05, 4.69) is 24.1 Å². The van der Waals surface area contributed by atoms with E-state index in [0.29, 0.717) is 5.56 Å². The quantitative estimate of drug-likeness (QED) is 0.496. The van der Waals surface area contributed by atoms with Crippen molar-refractivity contribution in [3.8, 4) is 0 Å². The van der Waals surface area contributed by atoms with Crippen molar-refractivity contribution in [2.75, 3.05) is 6.61 Å². The van der Waals surface area contributed by atoms with Crippen molar-refractivity contribution in [3.05, 3.63) is 35.9 Å². The molecule has 0 aromatic heterocycles. The third-order valence-electron chi connectivity index (χ3n) is 1.85. The monoisotopic (exact) mass is 292 g/mol. The van der Waals surface area contributed by atoms with E-state index in [0.717, 1.165) is 0 Å². The Kier molecular flexibility index (Phi) is 5.62. The minimum Gasteiger partial charge on any atom is -0.464 e. The summed E-state index contributed by atoms with van der Waals surface area (Å²) in [6, 6.07) is 8.71. The highest BCUT2D eigenvalue weighted by Gasteiger charge is 2.27. The second-order valence-corrected chi connectivity index (χ2v) is 8.25. The first kappa shape index (κ1) is 14.7. The lowest BCUT2D eigenvalue weighted by Crippen LogP contribution is -2.17. The van der Waals surface area contributed by atoms with Gasteiger partial charge in [0.05, 0.1) is 6.61 Å². The van der Waals surface area contributed by atoms with Crippen LogP contribution in [0.2, 0.25) is 0 Å². The van der Waals surface area contributed by atoms with E-state index in [9.17, 15) is 9.69 Å². The van der Waals surface area contributed by atoms with Crippen molar-refractivity contribution in [2.24, 2.45) is 0 Å². The third kappa shape index (κ3) is 5.19. The molecule has 0 fully saturated rings. The predicted octanol–water partition coefficient (Wildman–Crippen LogP) is 2.45. The Morgan fingerprint density at radius 2 is 2.12 bits per heavy atom. The molecule has 0 bridgehead atoms. The highest BCUT2D eigenvalue weighted by atomic mass is 32.9. The van der Waals surface area contributed by atoms with Gasteiger partial charge in [-0.05, 0) is 24.3 Å². The second-order valence-electron chi connectivity index (χ2n) is 3.14. The summed E-state index contributed by atoms with van der Waals surface area (Å²) in [6.07, 6.45) is -1.04. The van der Waals surface area contributed by atoms with Gasteiger partial charge in [0, 0.05) is 0 Å². The van der Waals surface area contributed by atoms with Crippen LogP contribution in [0, 0.1) is 0 Å². The van der Waals surface area contributed by atoms with Crippen LogP contribution in [0.4, 0.5) is 0 Å². The molecule has 0 aliphatic heterocycles. The van der Waals surface area contributed by atoms with Gasteiger partial charge in [-0.15, -0.1) is 0 Å². The highest BCUT2D eigenvalue weighted by molar-refractivity contribution is 8.59. The summed E-state index contributed by atoms with van der Waals surface area (Å²) in [5.41, 5.74) is -2.67. The Labute approximate surface area is 110 Å². The molecule has 1 aromatic rings. The number of benzene rings is 1. The summed E-state index contributed by atoms with van der Waals surface area (Å²) in [7, 11) is 0. The van der Waals surface area contributed by atoms with Crippen LogP contribution in [0.25, 0.3) is 0 Å². The second kappa shape index (κ2) is 6.52. The summed E-state index contributed by atoms with van der Waals surface area (Å²) in [4.78, 5) is 21.1. The molecule has 0 amide bonds. The molecule has 0 heterocycles. The summed E-state index contributed by atoms with van der Waals surface area (Å²) < 4.78 is 9.98. The molecule has 0 aliphatic rings. The lowest BCUT2D eigenvalue weighted by molar-refractivity contribution is -0.151. The normalized spacial score (nSPS) is 15.9. The van der Waals surface area contributed by atoms with E-state index in [-0.39, 0.29) is 6.61 Å². The fourth-order valence-electron chi connectivity index (χ4n) is 1.22.